The molecule has 2 aliphatic heterocycles. The number of aromatic amines is 1. The number of aromatic nitrogens is 2. The Balaban J connectivity index is 1.21. The average Bonchev–Trinajstić information content (AvgIpc) is 3.68. The summed E-state index contributed by atoms with van der Waals surface area (Å²) in [6.07, 6.45) is 5.30. The normalized spacial score (nSPS) is 19.5. The third-order valence-electron chi connectivity index (χ3n) is 7.12. The van der Waals surface area contributed by atoms with Crippen LogP contribution in [0.2, 0.25) is 0 Å². The van der Waals surface area contributed by atoms with Crippen LogP contribution in [0.1, 0.15) is 63.9 Å². The summed E-state index contributed by atoms with van der Waals surface area (Å²) in [5.74, 6) is 0.869. The molecule has 38 heavy (non-hydrogen) atoms. The van der Waals surface area contributed by atoms with Crippen molar-refractivity contribution < 1.29 is 14.3 Å². The fourth-order valence-corrected chi connectivity index (χ4v) is 5.12. The minimum atomic E-state index is -0.525. The van der Waals surface area contributed by atoms with Gasteiger partial charge in [0, 0.05) is 13.1 Å². The number of imidazole rings is 1. The fraction of sp³-hybridized carbons (Fsp3) is 0.433. The summed E-state index contributed by atoms with van der Waals surface area (Å²) in [6.45, 7) is 7.77. The second kappa shape index (κ2) is 11.0. The Morgan fingerprint density at radius 2 is 1.68 bits per heavy atom. The minimum absolute atomic E-state index is 0.0548. The second-order valence-corrected chi connectivity index (χ2v) is 11.2. The Hall–Kier alpha value is -3.65. The summed E-state index contributed by atoms with van der Waals surface area (Å²) in [5, 5.41) is 6.26. The van der Waals surface area contributed by atoms with Crippen LogP contribution in [-0.4, -0.2) is 51.6 Å². The predicted octanol–water partition coefficient (Wildman–Crippen LogP) is 5.18. The van der Waals surface area contributed by atoms with Crippen molar-refractivity contribution in [2.75, 3.05) is 13.1 Å². The zero-order valence-electron chi connectivity index (χ0n) is 22.4. The van der Waals surface area contributed by atoms with E-state index < -0.39 is 5.60 Å². The largest absolute Gasteiger partial charge is 0.444 e. The van der Waals surface area contributed by atoms with Crippen LogP contribution in [0.15, 0.2) is 54.7 Å². The highest BCUT2D eigenvalue weighted by Crippen LogP contribution is 2.33. The average molecular weight is 516 g/mol. The Kier molecular flexibility index (Phi) is 7.51. The topological polar surface area (TPSA) is 99.3 Å². The van der Waals surface area contributed by atoms with E-state index in [-0.39, 0.29) is 24.1 Å². The molecular formula is C30H37N5O3. The number of ether oxygens (including phenoxy) is 1. The smallest absolute Gasteiger partial charge is 0.410 e. The van der Waals surface area contributed by atoms with Crippen molar-refractivity contribution in [3.63, 3.8) is 0 Å². The van der Waals surface area contributed by atoms with Crippen LogP contribution < -0.4 is 10.6 Å². The van der Waals surface area contributed by atoms with Crippen LogP contribution in [0.25, 0.3) is 22.4 Å². The molecule has 8 nitrogen and oxygen atoms in total. The molecule has 0 bridgehead atoms. The summed E-state index contributed by atoms with van der Waals surface area (Å²) in [6, 6.07) is 16.5. The van der Waals surface area contributed by atoms with Gasteiger partial charge in [-0.1, -0.05) is 48.5 Å². The maximum Gasteiger partial charge on any atom is 0.410 e. The monoisotopic (exact) mass is 515 g/mol. The van der Waals surface area contributed by atoms with Gasteiger partial charge in [-0.3, -0.25) is 9.69 Å². The third-order valence-corrected chi connectivity index (χ3v) is 7.12. The van der Waals surface area contributed by atoms with Gasteiger partial charge in [-0.25, -0.2) is 9.78 Å². The van der Waals surface area contributed by atoms with Crippen LogP contribution in [0.4, 0.5) is 4.79 Å². The van der Waals surface area contributed by atoms with Gasteiger partial charge in [-0.05, 0) is 75.3 Å². The van der Waals surface area contributed by atoms with Gasteiger partial charge >= 0.3 is 6.09 Å². The van der Waals surface area contributed by atoms with Gasteiger partial charge in [0.1, 0.15) is 11.4 Å². The predicted molar refractivity (Wildman–Crippen MR) is 147 cm³/mol. The first-order chi connectivity index (χ1) is 18.3. The van der Waals surface area contributed by atoms with Crippen LogP contribution >= 0.6 is 0 Å². The van der Waals surface area contributed by atoms with Crippen molar-refractivity contribution >= 4 is 12.0 Å². The maximum absolute atomic E-state index is 12.7. The standard InChI is InChI=1S/C30H37N5O3/c1-30(2,3)38-29(37)35-17-5-7-26(35)27-32-19-25(34-27)23-14-12-22(13-15-23)21-10-8-20(9-11-21)18-33-28(36)24-6-4-16-31-24/h8-15,19,24,26,31H,4-7,16-18H2,1-3H3,(H,32,34)(H,33,36)/t24-,26-/m0/s1. The Bertz CT molecular complexity index is 1250. The molecule has 3 aromatic rings. The molecule has 2 amide bonds. The number of nitrogens with one attached hydrogen (secondary N) is 3. The Morgan fingerprint density at radius 3 is 2.34 bits per heavy atom. The summed E-state index contributed by atoms with van der Waals surface area (Å²) in [5.41, 5.74) is 4.75. The van der Waals surface area contributed by atoms with E-state index in [1.165, 1.54) is 0 Å². The lowest BCUT2D eigenvalue weighted by atomic mass is 10.0. The fourth-order valence-electron chi connectivity index (χ4n) is 5.12. The summed E-state index contributed by atoms with van der Waals surface area (Å²) >= 11 is 0. The lowest BCUT2D eigenvalue weighted by molar-refractivity contribution is -0.122. The summed E-state index contributed by atoms with van der Waals surface area (Å²) in [4.78, 5) is 34.7. The van der Waals surface area contributed by atoms with Crippen LogP contribution in [0.5, 0.6) is 0 Å². The molecule has 1 aromatic heterocycles. The molecule has 2 aliphatic rings. The van der Waals surface area contributed by atoms with Crippen molar-refractivity contribution in [3.8, 4) is 22.4 Å². The number of hydrogen-bond acceptors (Lipinski definition) is 5. The lowest BCUT2D eigenvalue weighted by Crippen LogP contribution is -2.39. The molecule has 2 saturated heterocycles. The van der Waals surface area contributed by atoms with Gasteiger partial charge < -0.3 is 20.4 Å². The molecule has 0 aliphatic carbocycles. The van der Waals surface area contributed by atoms with Gasteiger partial charge in [0.05, 0.1) is 24.0 Å². The molecule has 200 valence electrons. The van der Waals surface area contributed by atoms with Crippen molar-refractivity contribution in [2.24, 2.45) is 0 Å². The SMILES string of the molecule is CC(C)(C)OC(=O)N1CCC[C@H]1c1ncc(-c2ccc(-c3ccc(CNC(=O)[C@@H]4CCCN4)cc3)cc2)[nH]1. The number of carbonyl (C=O) groups excluding carboxylic acids is 2. The minimum Gasteiger partial charge on any atom is -0.444 e. The molecule has 8 heteroatoms. The highest BCUT2D eigenvalue weighted by Gasteiger charge is 2.34. The van der Waals surface area contributed by atoms with Crippen LogP contribution in [0.3, 0.4) is 0 Å². The number of likely N-dealkylation sites (tertiary alicyclic amines) is 1. The van der Waals surface area contributed by atoms with Gasteiger partial charge in [-0.15, -0.1) is 0 Å². The van der Waals surface area contributed by atoms with E-state index in [4.69, 9.17) is 4.74 Å². The molecule has 2 fully saturated rings. The number of benzene rings is 2. The van der Waals surface area contributed by atoms with Crippen molar-refractivity contribution in [1.29, 1.82) is 0 Å². The van der Waals surface area contributed by atoms with Gasteiger partial charge in [-0.2, -0.15) is 0 Å². The zero-order valence-corrected chi connectivity index (χ0v) is 22.4. The second-order valence-electron chi connectivity index (χ2n) is 11.2. The molecule has 0 unspecified atom stereocenters. The highest BCUT2D eigenvalue weighted by atomic mass is 16.6. The quantitative estimate of drug-likeness (QED) is 0.420. The molecule has 5 rings (SSSR count). The summed E-state index contributed by atoms with van der Waals surface area (Å²) < 4.78 is 5.60. The number of carbonyl (C=O) groups is 2. The number of rotatable bonds is 6. The van der Waals surface area contributed by atoms with Gasteiger partial charge in [0.25, 0.3) is 0 Å². The molecule has 0 radical (unpaired) electrons. The zero-order chi connectivity index (χ0) is 26.7. The van der Waals surface area contributed by atoms with E-state index in [0.717, 1.165) is 66.0 Å². The first-order valence-corrected chi connectivity index (χ1v) is 13.5. The first kappa shape index (κ1) is 26.0. The van der Waals surface area contributed by atoms with Crippen LogP contribution in [0, 0.1) is 0 Å². The number of nitrogens with zero attached hydrogens (tertiary/aromatic N) is 2. The van der Waals surface area contributed by atoms with Crippen molar-refractivity contribution in [3.05, 3.63) is 66.1 Å². The highest BCUT2D eigenvalue weighted by molar-refractivity contribution is 5.82. The first-order valence-electron chi connectivity index (χ1n) is 13.5. The van der Waals surface area contributed by atoms with E-state index in [2.05, 4.69) is 69.1 Å². The molecular weight excluding hydrogens is 478 g/mol. The summed E-state index contributed by atoms with van der Waals surface area (Å²) in [7, 11) is 0. The van der Waals surface area contributed by atoms with E-state index in [1.807, 2.05) is 27.0 Å². The lowest BCUT2D eigenvalue weighted by Gasteiger charge is -2.27. The van der Waals surface area contributed by atoms with E-state index >= 15 is 0 Å². The molecule has 2 atom stereocenters. The third kappa shape index (κ3) is 6.07. The number of hydrogen-bond donors (Lipinski definition) is 3. The van der Waals surface area contributed by atoms with E-state index in [1.54, 1.807) is 4.90 Å². The van der Waals surface area contributed by atoms with E-state index in [9.17, 15) is 9.59 Å². The van der Waals surface area contributed by atoms with Crippen molar-refractivity contribution in [1.82, 2.24) is 25.5 Å². The maximum atomic E-state index is 12.7. The molecule has 0 saturated carbocycles. The van der Waals surface area contributed by atoms with Crippen molar-refractivity contribution in [2.45, 2.75) is 70.7 Å². The molecule has 0 spiro atoms. The number of H-pyrrole nitrogens is 1. The molecule has 3 heterocycles. The van der Waals surface area contributed by atoms with E-state index in [0.29, 0.717) is 13.1 Å². The molecule has 2 aromatic carbocycles. The van der Waals surface area contributed by atoms with Gasteiger partial charge in [0.15, 0.2) is 0 Å². The van der Waals surface area contributed by atoms with Gasteiger partial charge in [0.2, 0.25) is 5.91 Å². The Labute approximate surface area is 224 Å². The number of amides is 2. The van der Waals surface area contributed by atoms with Crippen LogP contribution in [-0.2, 0) is 16.1 Å². The molecule has 3 N–H and O–H groups in total. The Morgan fingerprint density at radius 1 is 1.00 bits per heavy atom.